The summed E-state index contributed by atoms with van der Waals surface area (Å²) in [6, 6.07) is 10.2. The monoisotopic (exact) mass is 309 g/mol. The van der Waals surface area contributed by atoms with E-state index in [0.29, 0.717) is 13.1 Å². The second-order valence-corrected chi connectivity index (χ2v) is 7.93. The smallest absolute Gasteiger partial charge is 0.217 e. The van der Waals surface area contributed by atoms with Crippen molar-refractivity contribution >= 4 is 15.7 Å². The SMILES string of the molecule is O=S(=O)(C1CCNCC1)N1CCN(c2ccccc2)CC1. The summed E-state index contributed by atoms with van der Waals surface area (Å²) in [5.74, 6) is 0. The Morgan fingerprint density at radius 2 is 1.57 bits per heavy atom. The van der Waals surface area contributed by atoms with Crippen molar-refractivity contribution in [1.29, 1.82) is 0 Å². The minimum atomic E-state index is -3.12. The largest absolute Gasteiger partial charge is 0.369 e. The van der Waals surface area contributed by atoms with Crippen LogP contribution in [0.4, 0.5) is 5.69 Å². The standard InChI is InChI=1S/C15H23N3O2S/c19-21(20,15-6-8-16-9-7-15)18-12-10-17(11-13-18)14-4-2-1-3-5-14/h1-5,15-16H,6-13H2. The Morgan fingerprint density at radius 3 is 2.19 bits per heavy atom. The van der Waals surface area contributed by atoms with Crippen molar-refractivity contribution in [2.75, 3.05) is 44.2 Å². The van der Waals surface area contributed by atoms with Gasteiger partial charge in [0.2, 0.25) is 10.0 Å². The molecule has 21 heavy (non-hydrogen) atoms. The molecule has 0 radical (unpaired) electrons. The van der Waals surface area contributed by atoms with E-state index in [0.717, 1.165) is 39.0 Å². The first-order valence-corrected chi connectivity index (χ1v) is 9.18. The van der Waals surface area contributed by atoms with Gasteiger partial charge in [0, 0.05) is 31.9 Å². The van der Waals surface area contributed by atoms with Crippen molar-refractivity contribution in [1.82, 2.24) is 9.62 Å². The molecular formula is C15H23N3O2S. The van der Waals surface area contributed by atoms with Gasteiger partial charge in [-0.2, -0.15) is 4.31 Å². The van der Waals surface area contributed by atoms with Crippen molar-refractivity contribution in [3.8, 4) is 0 Å². The molecule has 116 valence electrons. The first-order chi connectivity index (χ1) is 10.2. The predicted molar refractivity (Wildman–Crippen MR) is 85.0 cm³/mol. The van der Waals surface area contributed by atoms with E-state index in [1.54, 1.807) is 4.31 Å². The highest BCUT2D eigenvalue weighted by molar-refractivity contribution is 7.89. The molecule has 3 rings (SSSR count). The molecule has 2 aliphatic rings. The van der Waals surface area contributed by atoms with Gasteiger partial charge in [0.05, 0.1) is 5.25 Å². The maximum absolute atomic E-state index is 12.7. The highest BCUT2D eigenvalue weighted by Crippen LogP contribution is 2.21. The van der Waals surface area contributed by atoms with E-state index in [1.807, 2.05) is 18.2 Å². The molecule has 2 heterocycles. The lowest BCUT2D eigenvalue weighted by Gasteiger charge is -2.37. The van der Waals surface area contributed by atoms with Crippen LogP contribution in [0.1, 0.15) is 12.8 Å². The third-order valence-corrected chi connectivity index (χ3v) is 6.83. The average Bonchev–Trinajstić information content (AvgIpc) is 2.57. The van der Waals surface area contributed by atoms with Crippen LogP contribution >= 0.6 is 0 Å². The fourth-order valence-electron chi connectivity index (χ4n) is 3.14. The zero-order valence-electron chi connectivity index (χ0n) is 12.2. The Morgan fingerprint density at radius 1 is 0.952 bits per heavy atom. The van der Waals surface area contributed by atoms with Crippen LogP contribution in [0.15, 0.2) is 30.3 Å². The Hall–Kier alpha value is -1.11. The van der Waals surface area contributed by atoms with E-state index >= 15 is 0 Å². The second kappa shape index (κ2) is 6.34. The van der Waals surface area contributed by atoms with Gasteiger partial charge in [-0.1, -0.05) is 18.2 Å². The molecule has 0 aliphatic carbocycles. The van der Waals surface area contributed by atoms with Crippen LogP contribution in [0, 0.1) is 0 Å². The fraction of sp³-hybridized carbons (Fsp3) is 0.600. The molecule has 0 spiro atoms. The fourth-order valence-corrected chi connectivity index (χ4v) is 5.07. The minimum absolute atomic E-state index is 0.193. The summed E-state index contributed by atoms with van der Waals surface area (Å²) in [7, 11) is -3.12. The van der Waals surface area contributed by atoms with E-state index in [4.69, 9.17) is 0 Å². The molecule has 0 amide bonds. The second-order valence-electron chi connectivity index (χ2n) is 5.72. The first-order valence-electron chi connectivity index (χ1n) is 7.67. The summed E-state index contributed by atoms with van der Waals surface area (Å²) >= 11 is 0. The summed E-state index contributed by atoms with van der Waals surface area (Å²) < 4.78 is 27.0. The number of benzene rings is 1. The van der Waals surface area contributed by atoms with Crippen LogP contribution in [0.3, 0.4) is 0 Å². The average molecular weight is 309 g/mol. The summed E-state index contributed by atoms with van der Waals surface area (Å²) in [5.41, 5.74) is 1.18. The number of piperidine rings is 1. The Bertz CT molecular complexity index is 548. The molecule has 0 aromatic heterocycles. The van der Waals surface area contributed by atoms with E-state index in [-0.39, 0.29) is 5.25 Å². The molecule has 1 aromatic carbocycles. The molecule has 1 aromatic rings. The maximum atomic E-state index is 12.7. The van der Waals surface area contributed by atoms with E-state index in [2.05, 4.69) is 22.3 Å². The van der Waals surface area contributed by atoms with Crippen LogP contribution in [0.25, 0.3) is 0 Å². The van der Waals surface area contributed by atoms with E-state index in [9.17, 15) is 8.42 Å². The molecule has 0 unspecified atom stereocenters. The van der Waals surface area contributed by atoms with Crippen LogP contribution < -0.4 is 10.2 Å². The minimum Gasteiger partial charge on any atom is -0.369 e. The third kappa shape index (κ3) is 3.22. The molecule has 2 fully saturated rings. The van der Waals surface area contributed by atoms with Crippen molar-refractivity contribution < 1.29 is 8.42 Å². The van der Waals surface area contributed by atoms with Crippen LogP contribution in [-0.4, -0.2) is 57.2 Å². The Balaban J connectivity index is 1.62. The number of nitrogens with zero attached hydrogens (tertiary/aromatic N) is 2. The molecule has 0 bridgehead atoms. The highest BCUT2D eigenvalue weighted by atomic mass is 32.2. The normalized spacial score (nSPS) is 22.4. The molecule has 5 nitrogen and oxygen atoms in total. The van der Waals surface area contributed by atoms with Gasteiger partial charge in [-0.15, -0.1) is 0 Å². The number of nitrogens with one attached hydrogen (secondary N) is 1. The quantitative estimate of drug-likeness (QED) is 0.901. The number of hydrogen-bond acceptors (Lipinski definition) is 4. The zero-order chi connectivity index (χ0) is 14.7. The van der Waals surface area contributed by atoms with Crippen molar-refractivity contribution in [3.63, 3.8) is 0 Å². The molecule has 0 atom stereocenters. The molecule has 0 saturated carbocycles. The Kier molecular flexibility index (Phi) is 4.47. The highest BCUT2D eigenvalue weighted by Gasteiger charge is 2.34. The number of anilines is 1. The number of piperazine rings is 1. The molecule has 2 aliphatic heterocycles. The summed E-state index contributed by atoms with van der Waals surface area (Å²) in [6.45, 7) is 4.37. The molecular weight excluding hydrogens is 286 g/mol. The van der Waals surface area contributed by atoms with Crippen LogP contribution in [0.5, 0.6) is 0 Å². The van der Waals surface area contributed by atoms with Gasteiger partial charge in [-0.3, -0.25) is 0 Å². The van der Waals surface area contributed by atoms with Gasteiger partial charge in [-0.05, 0) is 38.1 Å². The van der Waals surface area contributed by atoms with Crippen molar-refractivity contribution in [2.45, 2.75) is 18.1 Å². The number of hydrogen-bond donors (Lipinski definition) is 1. The summed E-state index contributed by atoms with van der Waals surface area (Å²) in [4.78, 5) is 2.26. The molecule has 1 N–H and O–H groups in total. The lowest BCUT2D eigenvalue weighted by molar-refractivity contribution is 0.369. The van der Waals surface area contributed by atoms with Gasteiger partial charge in [0.15, 0.2) is 0 Å². The van der Waals surface area contributed by atoms with Gasteiger partial charge < -0.3 is 10.2 Å². The number of sulfonamides is 1. The first kappa shape index (κ1) is 14.8. The van der Waals surface area contributed by atoms with Gasteiger partial charge in [0.25, 0.3) is 0 Å². The van der Waals surface area contributed by atoms with E-state index < -0.39 is 10.0 Å². The van der Waals surface area contributed by atoms with E-state index in [1.165, 1.54) is 5.69 Å². The summed E-state index contributed by atoms with van der Waals surface area (Å²) in [5, 5.41) is 3.03. The topological polar surface area (TPSA) is 52.7 Å². The van der Waals surface area contributed by atoms with Crippen molar-refractivity contribution in [2.24, 2.45) is 0 Å². The van der Waals surface area contributed by atoms with Gasteiger partial charge >= 0.3 is 0 Å². The van der Waals surface area contributed by atoms with Crippen molar-refractivity contribution in [3.05, 3.63) is 30.3 Å². The predicted octanol–water partition coefficient (Wildman–Crippen LogP) is 0.890. The molecule has 2 saturated heterocycles. The van der Waals surface area contributed by atoms with Crippen LogP contribution in [0.2, 0.25) is 0 Å². The lowest BCUT2D eigenvalue weighted by Crippen LogP contribution is -2.52. The maximum Gasteiger partial charge on any atom is 0.217 e. The third-order valence-electron chi connectivity index (χ3n) is 4.43. The van der Waals surface area contributed by atoms with Gasteiger partial charge in [0.1, 0.15) is 0 Å². The Labute approximate surface area is 127 Å². The number of rotatable bonds is 3. The lowest BCUT2D eigenvalue weighted by atomic mass is 10.2. The number of para-hydroxylation sites is 1. The van der Waals surface area contributed by atoms with Crippen LogP contribution in [-0.2, 0) is 10.0 Å². The molecule has 6 heteroatoms. The zero-order valence-corrected chi connectivity index (χ0v) is 13.1. The van der Waals surface area contributed by atoms with Gasteiger partial charge in [-0.25, -0.2) is 8.42 Å². The summed E-state index contributed by atoms with van der Waals surface area (Å²) in [6.07, 6.45) is 1.47.